The minimum atomic E-state index is -3.90. The topological polar surface area (TPSA) is 78.9 Å². The molecule has 0 aliphatic carbocycles. The van der Waals surface area contributed by atoms with E-state index in [9.17, 15) is 13.2 Å². The van der Waals surface area contributed by atoms with Gasteiger partial charge in [-0.3, -0.25) is 4.79 Å². The lowest BCUT2D eigenvalue weighted by Crippen LogP contribution is -2.55. The Labute approximate surface area is 191 Å². The second-order valence-electron chi connectivity index (χ2n) is 7.98. The second-order valence-corrected chi connectivity index (χ2v) is 9.70. The molecule has 1 fully saturated rings. The van der Waals surface area contributed by atoms with E-state index in [-0.39, 0.29) is 10.8 Å². The highest BCUT2D eigenvalue weighted by Gasteiger charge is 2.31. The molecular formula is C24H33N3O4S. The molecule has 1 amide bonds. The van der Waals surface area contributed by atoms with Gasteiger partial charge < -0.3 is 14.5 Å². The Balaban J connectivity index is 1.83. The lowest BCUT2D eigenvalue weighted by molar-refractivity contribution is -0.134. The fourth-order valence-corrected chi connectivity index (χ4v) is 5.17. The maximum atomic E-state index is 13.4. The Morgan fingerprint density at radius 1 is 1.06 bits per heavy atom. The van der Waals surface area contributed by atoms with Crippen LogP contribution in [0.4, 0.5) is 0 Å². The minimum absolute atomic E-state index is 0.125. The number of hydrogen-bond donors (Lipinski definition) is 1. The Hall–Kier alpha value is -2.42. The molecule has 1 N–H and O–H groups in total. The minimum Gasteiger partial charge on any atom is -0.494 e. The predicted molar refractivity (Wildman–Crippen MR) is 125 cm³/mol. The summed E-state index contributed by atoms with van der Waals surface area (Å²) in [6.45, 7) is 10.0. The van der Waals surface area contributed by atoms with E-state index in [1.54, 1.807) is 17.0 Å². The van der Waals surface area contributed by atoms with Crippen LogP contribution < -0.4 is 9.46 Å². The highest BCUT2D eigenvalue weighted by atomic mass is 32.2. The molecule has 2 aromatic rings. The number of likely N-dealkylation sites (N-methyl/N-ethyl adjacent to an activating group) is 1. The van der Waals surface area contributed by atoms with Gasteiger partial charge >= 0.3 is 0 Å². The summed E-state index contributed by atoms with van der Waals surface area (Å²) in [5.74, 6) is 0.466. The van der Waals surface area contributed by atoms with Crippen molar-refractivity contribution in [2.24, 2.45) is 0 Å². The number of sulfonamides is 1. The Kier molecular flexibility index (Phi) is 8.28. The van der Waals surface area contributed by atoms with Crippen molar-refractivity contribution in [2.45, 2.75) is 38.1 Å². The van der Waals surface area contributed by atoms with Crippen LogP contribution in [0.2, 0.25) is 0 Å². The van der Waals surface area contributed by atoms with Crippen molar-refractivity contribution in [1.29, 1.82) is 0 Å². The number of rotatable bonds is 9. The molecule has 0 aromatic heterocycles. The average Bonchev–Trinajstić information content (AvgIpc) is 2.80. The molecule has 0 saturated carbocycles. The van der Waals surface area contributed by atoms with Crippen LogP contribution in [0.15, 0.2) is 53.4 Å². The van der Waals surface area contributed by atoms with E-state index in [4.69, 9.17) is 4.74 Å². The number of nitrogens with zero attached hydrogens (tertiary/aromatic N) is 2. The van der Waals surface area contributed by atoms with Crippen molar-refractivity contribution in [2.75, 3.05) is 39.3 Å². The van der Waals surface area contributed by atoms with Crippen molar-refractivity contribution in [3.05, 3.63) is 59.7 Å². The van der Waals surface area contributed by atoms with Gasteiger partial charge in [-0.2, -0.15) is 4.72 Å². The molecule has 0 spiro atoms. The number of aryl methyl sites for hydroxylation is 1. The third-order valence-corrected chi connectivity index (χ3v) is 7.24. The summed E-state index contributed by atoms with van der Waals surface area (Å²) in [5.41, 5.74) is 1.64. The Morgan fingerprint density at radius 3 is 2.34 bits per heavy atom. The number of carbonyl (C=O) groups excluding carboxylic acids is 1. The number of amides is 1. The van der Waals surface area contributed by atoms with Crippen LogP contribution in [0.5, 0.6) is 5.75 Å². The second kappa shape index (κ2) is 10.9. The van der Waals surface area contributed by atoms with Crippen LogP contribution >= 0.6 is 0 Å². The summed E-state index contributed by atoms with van der Waals surface area (Å²) in [5, 5.41) is 0. The van der Waals surface area contributed by atoms with Gasteiger partial charge in [-0.05, 0) is 56.1 Å². The molecule has 1 aliphatic heterocycles. The molecule has 1 atom stereocenters. The van der Waals surface area contributed by atoms with Crippen LogP contribution in [-0.4, -0.2) is 69.5 Å². The van der Waals surface area contributed by atoms with Gasteiger partial charge in [0.05, 0.1) is 11.5 Å². The quantitative estimate of drug-likeness (QED) is 0.623. The van der Waals surface area contributed by atoms with E-state index in [0.717, 1.165) is 30.8 Å². The van der Waals surface area contributed by atoms with Crippen molar-refractivity contribution < 1.29 is 17.9 Å². The van der Waals surface area contributed by atoms with Gasteiger partial charge in [0.15, 0.2) is 0 Å². The number of nitrogens with one attached hydrogen (secondary N) is 1. The SMILES string of the molecule is CCOc1ccc(S(=O)(=O)N[C@H](Cc2ccccc2)C(=O)N2CCN(CC)CC2)cc1C. The molecule has 174 valence electrons. The number of carbonyl (C=O) groups is 1. The normalized spacial score (nSPS) is 16.0. The van der Waals surface area contributed by atoms with E-state index in [2.05, 4.69) is 16.5 Å². The molecule has 1 saturated heterocycles. The van der Waals surface area contributed by atoms with Gasteiger partial charge in [-0.1, -0.05) is 37.3 Å². The van der Waals surface area contributed by atoms with Crippen molar-refractivity contribution >= 4 is 15.9 Å². The molecule has 0 unspecified atom stereocenters. The average molecular weight is 460 g/mol. The zero-order valence-corrected chi connectivity index (χ0v) is 19.9. The summed E-state index contributed by atoms with van der Waals surface area (Å²) < 4.78 is 34.6. The van der Waals surface area contributed by atoms with Crippen LogP contribution in [0.1, 0.15) is 25.0 Å². The molecule has 2 aromatic carbocycles. The first-order valence-electron chi connectivity index (χ1n) is 11.1. The fourth-order valence-electron chi connectivity index (χ4n) is 3.90. The first kappa shape index (κ1) is 24.2. The summed E-state index contributed by atoms with van der Waals surface area (Å²) >= 11 is 0. The zero-order valence-electron chi connectivity index (χ0n) is 19.1. The number of benzene rings is 2. The van der Waals surface area contributed by atoms with Crippen LogP contribution in [0, 0.1) is 6.92 Å². The third kappa shape index (κ3) is 6.09. The number of hydrogen-bond acceptors (Lipinski definition) is 5. The van der Waals surface area contributed by atoms with E-state index in [1.807, 2.05) is 44.2 Å². The first-order chi connectivity index (χ1) is 15.3. The third-order valence-electron chi connectivity index (χ3n) is 5.77. The maximum absolute atomic E-state index is 13.4. The molecular weight excluding hydrogens is 426 g/mol. The summed E-state index contributed by atoms with van der Waals surface area (Å²) in [6.07, 6.45) is 0.295. The number of ether oxygens (including phenoxy) is 1. The van der Waals surface area contributed by atoms with E-state index >= 15 is 0 Å². The molecule has 1 aliphatic rings. The van der Waals surface area contributed by atoms with Gasteiger partial charge in [-0.25, -0.2) is 8.42 Å². The lowest BCUT2D eigenvalue weighted by atomic mass is 10.1. The van der Waals surface area contributed by atoms with Gasteiger partial charge in [-0.15, -0.1) is 0 Å². The van der Waals surface area contributed by atoms with Crippen molar-refractivity contribution in [3.63, 3.8) is 0 Å². The van der Waals surface area contributed by atoms with Crippen LogP contribution in [0.25, 0.3) is 0 Å². The standard InChI is InChI=1S/C24H33N3O4S/c1-4-26-13-15-27(16-14-26)24(28)22(18-20-9-7-6-8-10-20)25-32(29,30)21-11-12-23(31-5-2)19(3)17-21/h6-12,17,22,25H,4-5,13-16,18H2,1-3H3/t22-/m1/s1. The van der Waals surface area contributed by atoms with Crippen LogP contribution in [-0.2, 0) is 21.2 Å². The smallest absolute Gasteiger partial charge is 0.241 e. The molecule has 0 radical (unpaired) electrons. The molecule has 32 heavy (non-hydrogen) atoms. The van der Waals surface area contributed by atoms with Gasteiger partial charge in [0.2, 0.25) is 15.9 Å². The molecule has 8 heteroatoms. The molecule has 3 rings (SSSR count). The largest absolute Gasteiger partial charge is 0.494 e. The van der Waals surface area contributed by atoms with E-state index < -0.39 is 16.1 Å². The number of piperazine rings is 1. The molecule has 0 bridgehead atoms. The van der Waals surface area contributed by atoms with E-state index in [1.165, 1.54) is 6.07 Å². The van der Waals surface area contributed by atoms with Gasteiger partial charge in [0.25, 0.3) is 0 Å². The maximum Gasteiger partial charge on any atom is 0.241 e. The Bertz CT molecular complexity index is 1000. The summed E-state index contributed by atoms with van der Waals surface area (Å²) in [4.78, 5) is 17.5. The fraction of sp³-hybridized carbons (Fsp3) is 0.458. The Morgan fingerprint density at radius 2 is 1.75 bits per heavy atom. The molecule has 7 nitrogen and oxygen atoms in total. The monoisotopic (exact) mass is 459 g/mol. The summed E-state index contributed by atoms with van der Waals surface area (Å²) in [6, 6.07) is 13.4. The first-order valence-corrected chi connectivity index (χ1v) is 12.6. The lowest BCUT2D eigenvalue weighted by Gasteiger charge is -2.36. The van der Waals surface area contributed by atoms with Gasteiger partial charge in [0.1, 0.15) is 11.8 Å². The predicted octanol–water partition coefficient (Wildman–Crippen LogP) is 2.45. The highest BCUT2D eigenvalue weighted by Crippen LogP contribution is 2.22. The van der Waals surface area contributed by atoms with Crippen LogP contribution in [0.3, 0.4) is 0 Å². The summed E-state index contributed by atoms with van der Waals surface area (Å²) in [7, 11) is -3.90. The van der Waals surface area contributed by atoms with Crippen molar-refractivity contribution in [1.82, 2.24) is 14.5 Å². The van der Waals surface area contributed by atoms with E-state index in [0.29, 0.717) is 31.9 Å². The zero-order chi connectivity index (χ0) is 23.1. The highest BCUT2D eigenvalue weighted by molar-refractivity contribution is 7.89. The molecule has 1 heterocycles. The van der Waals surface area contributed by atoms with Crippen molar-refractivity contribution in [3.8, 4) is 5.75 Å². The van der Waals surface area contributed by atoms with Gasteiger partial charge in [0, 0.05) is 26.2 Å².